The molecule has 0 unspecified atom stereocenters. The Hall–Kier alpha value is -1.23. The number of para-hydroxylation sites is 2. The molecule has 0 radical (unpaired) electrons. The summed E-state index contributed by atoms with van der Waals surface area (Å²) in [5.74, 6) is 0.222. The van der Waals surface area contributed by atoms with Crippen molar-refractivity contribution in [3.8, 4) is 0 Å². The van der Waals surface area contributed by atoms with Crippen molar-refractivity contribution < 1.29 is 8.42 Å². The summed E-state index contributed by atoms with van der Waals surface area (Å²) in [6.07, 6.45) is 2.91. The molecule has 0 aliphatic rings. The van der Waals surface area contributed by atoms with Gasteiger partial charge < -0.3 is 10.6 Å². The molecule has 1 aromatic carbocycles. The van der Waals surface area contributed by atoms with Crippen molar-refractivity contribution in [1.82, 2.24) is 0 Å². The van der Waals surface area contributed by atoms with Crippen molar-refractivity contribution in [2.75, 3.05) is 35.7 Å². The smallest absolute Gasteiger partial charge is 0.147 e. The van der Waals surface area contributed by atoms with Crippen LogP contribution in [0.1, 0.15) is 19.8 Å². The van der Waals surface area contributed by atoms with E-state index < -0.39 is 9.84 Å². The van der Waals surface area contributed by atoms with Gasteiger partial charge in [-0.05, 0) is 25.0 Å². The van der Waals surface area contributed by atoms with Crippen LogP contribution in [-0.4, -0.2) is 33.5 Å². The second-order valence-electron chi connectivity index (χ2n) is 4.53. The maximum atomic E-state index is 11.1. The minimum Gasteiger partial charge on any atom is -0.397 e. The largest absolute Gasteiger partial charge is 0.397 e. The molecule has 2 N–H and O–H groups in total. The minimum atomic E-state index is -2.88. The van der Waals surface area contributed by atoms with Crippen LogP contribution in [-0.2, 0) is 9.84 Å². The predicted octanol–water partition coefficient (Wildman–Crippen LogP) is 1.92. The number of sulfone groups is 1. The standard InChI is InChI=1S/C13H22N2O2S/c1-3-9-15(10-6-11-18(2,16)17)13-8-5-4-7-12(13)14/h4-5,7-8H,3,6,9-11,14H2,1-2H3. The third-order valence-corrected chi connectivity index (χ3v) is 3.74. The summed E-state index contributed by atoms with van der Waals surface area (Å²) in [5, 5.41) is 0. The van der Waals surface area contributed by atoms with Crippen LogP contribution >= 0.6 is 0 Å². The average molecular weight is 270 g/mol. The van der Waals surface area contributed by atoms with E-state index in [0.29, 0.717) is 6.42 Å². The van der Waals surface area contributed by atoms with Crippen molar-refractivity contribution in [2.24, 2.45) is 0 Å². The van der Waals surface area contributed by atoms with Crippen LogP contribution in [0.15, 0.2) is 24.3 Å². The number of nitrogen functional groups attached to an aromatic ring is 1. The Balaban J connectivity index is 2.69. The molecule has 0 spiro atoms. The topological polar surface area (TPSA) is 63.4 Å². The van der Waals surface area contributed by atoms with Crippen LogP contribution in [0.2, 0.25) is 0 Å². The van der Waals surface area contributed by atoms with E-state index in [1.165, 1.54) is 6.26 Å². The Morgan fingerprint density at radius 1 is 1.22 bits per heavy atom. The number of benzene rings is 1. The molecule has 0 fully saturated rings. The lowest BCUT2D eigenvalue weighted by atomic mass is 10.2. The quantitative estimate of drug-likeness (QED) is 0.769. The highest BCUT2D eigenvalue weighted by molar-refractivity contribution is 7.90. The maximum Gasteiger partial charge on any atom is 0.147 e. The van der Waals surface area contributed by atoms with Gasteiger partial charge in [-0.25, -0.2) is 8.42 Å². The molecular formula is C13H22N2O2S. The third-order valence-electron chi connectivity index (χ3n) is 2.71. The van der Waals surface area contributed by atoms with Gasteiger partial charge >= 0.3 is 0 Å². The molecule has 0 aliphatic carbocycles. The molecule has 0 saturated carbocycles. The Bertz CT molecular complexity index is 472. The van der Waals surface area contributed by atoms with E-state index in [4.69, 9.17) is 5.73 Å². The first-order chi connectivity index (χ1) is 8.44. The van der Waals surface area contributed by atoms with Gasteiger partial charge in [0.2, 0.25) is 0 Å². The van der Waals surface area contributed by atoms with Crippen LogP contribution in [0.4, 0.5) is 11.4 Å². The molecule has 0 aliphatic heterocycles. The summed E-state index contributed by atoms with van der Waals surface area (Å²) in [6, 6.07) is 7.70. The fourth-order valence-electron chi connectivity index (χ4n) is 1.92. The monoisotopic (exact) mass is 270 g/mol. The van der Waals surface area contributed by atoms with Gasteiger partial charge in [0.25, 0.3) is 0 Å². The van der Waals surface area contributed by atoms with Crippen LogP contribution < -0.4 is 10.6 Å². The molecule has 1 rings (SSSR count). The van der Waals surface area contributed by atoms with E-state index in [1.807, 2.05) is 24.3 Å². The molecule has 0 bridgehead atoms. The van der Waals surface area contributed by atoms with Gasteiger partial charge in [-0.1, -0.05) is 19.1 Å². The number of hydrogen-bond donors (Lipinski definition) is 1. The highest BCUT2D eigenvalue weighted by atomic mass is 32.2. The normalized spacial score (nSPS) is 11.4. The van der Waals surface area contributed by atoms with Crippen molar-refractivity contribution in [1.29, 1.82) is 0 Å². The van der Waals surface area contributed by atoms with E-state index in [1.54, 1.807) is 0 Å². The Kier molecular flexibility index (Phi) is 5.47. The molecule has 0 aromatic heterocycles. The summed E-state index contributed by atoms with van der Waals surface area (Å²) in [5.41, 5.74) is 7.68. The summed E-state index contributed by atoms with van der Waals surface area (Å²) in [6.45, 7) is 3.70. The highest BCUT2D eigenvalue weighted by Crippen LogP contribution is 2.22. The molecule has 1 aromatic rings. The number of rotatable bonds is 7. The Morgan fingerprint density at radius 2 is 1.89 bits per heavy atom. The Morgan fingerprint density at radius 3 is 2.44 bits per heavy atom. The van der Waals surface area contributed by atoms with Gasteiger partial charge in [-0.15, -0.1) is 0 Å². The van der Waals surface area contributed by atoms with E-state index in [9.17, 15) is 8.42 Å². The zero-order valence-corrected chi connectivity index (χ0v) is 11.9. The van der Waals surface area contributed by atoms with Gasteiger partial charge in [0, 0.05) is 19.3 Å². The van der Waals surface area contributed by atoms with Crippen molar-refractivity contribution in [3.63, 3.8) is 0 Å². The van der Waals surface area contributed by atoms with Crippen molar-refractivity contribution >= 4 is 21.2 Å². The van der Waals surface area contributed by atoms with Gasteiger partial charge in [0.15, 0.2) is 0 Å². The minimum absolute atomic E-state index is 0.222. The predicted molar refractivity (Wildman–Crippen MR) is 77.7 cm³/mol. The zero-order valence-electron chi connectivity index (χ0n) is 11.1. The highest BCUT2D eigenvalue weighted by Gasteiger charge is 2.10. The first-order valence-electron chi connectivity index (χ1n) is 6.21. The van der Waals surface area contributed by atoms with Gasteiger partial charge in [0.1, 0.15) is 9.84 Å². The summed E-state index contributed by atoms with van der Waals surface area (Å²) in [7, 11) is -2.88. The second-order valence-corrected chi connectivity index (χ2v) is 6.79. The summed E-state index contributed by atoms with van der Waals surface area (Å²) < 4.78 is 22.3. The molecule has 0 amide bonds. The molecule has 4 nitrogen and oxygen atoms in total. The summed E-state index contributed by atoms with van der Waals surface area (Å²) >= 11 is 0. The van der Waals surface area contributed by atoms with Crippen LogP contribution in [0.25, 0.3) is 0 Å². The molecule has 0 atom stereocenters. The zero-order chi connectivity index (χ0) is 13.6. The van der Waals surface area contributed by atoms with Crippen LogP contribution in [0.3, 0.4) is 0 Å². The molecule has 0 saturated heterocycles. The van der Waals surface area contributed by atoms with Crippen molar-refractivity contribution in [3.05, 3.63) is 24.3 Å². The van der Waals surface area contributed by atoms with E-state index in [-0.39, 0.29) is 5.75 Å². The number of anilines is 2. The first kappa shape index (κ1) is 14.8. The third kappa shape index (κ3) is 4.96. The van der Waals surface area contributed by atoms with Gasteiger partial charge in [-0.2, -0.15) is 0 Å². The molecule has 0 heterocycles. The average Bonchev–Trinajstić information content (AvgIpc) is 2.27. The Labute approximate surface area is 110 Å². The summed E-state index contributed by atoms with van der Waals surface area (Å²) in [4.78, 5) is 2.15. The van der Waals surface area contributed by atoms with Crippen molar-refractivity contribution in [2.45, 2.75) is 19.8 Å². The van der Waals surface area contributed by atoms with Crippen LogP contribution in [0.5, 0.6) is 0 Å². The van der Waals surface area contributed by atoms with E-state index in [2.05, 4.69) is 11.8 Å². The fraction of sp³-hybridized carbons (Fsp3) is 0.538. The van der Waals surface area contributed by atoms with Gasteiger partial charge in [-0.3, -0.25) is 0 Å². The lowest BCUT2D eigenvalue weighted by Gasteiger charge is -2.25. The van der Waals surface area contributed by atoms with Gasteiger partial charge in [0.05, 0.1) is 17.1 Å². The lowest BCUT2D eigenvalue weighted by molar-refractivity contribution is 0.598. The molecular weight excluding hydrogens is 248 g/mol. The second kappa shape index (κ2) is 6.64. The number of nitrogens with two attached hydrogens (primary N) is 1. The number of hydrogen-bond acceptors (Lipinski definition) is 4. The van der Waals surface area contributed by atoms with Crippen LogP contribution in [0, 0.1) is 0 Å². The van der Waals surface area contributed by atoms with E-state index in [0.717, 1.165) is 30.9 Å². The maximum absolute atomic E-state index is 11.1. The first-order valence-corrected chi connectivity index (χ1v) is 8.27. The molecule has 18 heavy (non-hydrogen) atoms. The van der Waals surface area contributed by atoms with E-state index >= 15 is 0 Å². The SMILES string of the molecule is CCCN(CCCS(C)(=O)=O)c1ccccc1N. The number of nitrogens with zero attached hydrogens (tertiary/aromatic N) is 1. The fourth-order valence-corrected chi connectivity index (χ4v) is 2.57. The molecule has 102 valence electrons. The molecule has 5 heteroatoms. The lowest BCUT2D eigenvalue weighted by Crippen LogP contribution is -2.27.